The predicted octanol–water partition coefficient (Wildman–Crippen LogP) is 3.00. The summed E-state index contributed by atoms with van der Waals surface area (Å²) in [6, 6.07) is 10.5. The highest BCUT2D eigenvalue weighted by atomic mass is 16.1. The van der Waals surface area contributed by atoms with E-state index < -0.39 is 0 Å². The second-order valence-corrected chi connectivity index (χ2v) is 7.06. The molecule has 1 saturated heterocycles. The zero-order valence-electron chi connectivity index (χ0n) is 15.5. The van der Waals surface area contributed by atoms with Gasteiger partial charge in [0.2, 0.25) is 0 Å². The van der Waals surface area contributed by atoms with Gasteiger partial charge in [-0.25, -0.2) is 0 Å². The van der Waals surface area contributed by atoms with Crippen LogP contribution in [0.15, 0.2) is 30.3 Å². The Morgan fingerprint density at radius 2 is 1.88 bits per heavy atom. The van der Waals surface area contributed by atoms with Crippen molar-refractivity contribution in [2.24, 2.45) is 7.05 Å². The molecule has 2 heterocycles. The first kappa shape index (κ1) is 17.7. The van der Waals surface area contributed by atoms with Crippen LogP contribution in [0.2, 0.25) is 0 Å². The molecule has 1 N–H and O–H groups in total. The Morgan fingerprint density at radius 3 is 2.56 bits per heavy atom. The van der Waals surface area contributed by atoms with Crippen molar-refractivity contribution in [2.75, 3.05) is 19.6 Å². The molecule has 2 aromatic rings. The molecule has 5 heteroatoms. The predicted molar refractivity (Wildman–Crippen MR) is 101 cm³/mol. The van der Waals surface area contributed by atoms with Gasteiger partial charge in [0.05, 0.1) is 5.69 Å². The number of likely N-dealkylation sites (tertiary alicyclic amines) is 1. The van der Waals surface area contributed by atoms with Gasteiger partial charge in [-0.15, -0.1) is 0 Å². The van der Waals surface area contributed by atoms with E-state index in [-0.39, 0.29) is 5.91 Å². The summed E-state index contributed by atoms with van der Waals surface area (Å²) in [5, 5.41) is 7.43. The summed E-state index contributed by atoms with van der Waals surface area (Å²) in [6.07, 6.45) is 3.85. The minimum absolute atomic E-state index is 0.0992. The van der Waals surface area contributed by atoms with Crippen LogP contribution in [-0.2, 0) is 7.05 Å². The third kappa shape index (κ3) is 4.28. The molecule has 1 aromatic carbocycles. The second-order valence-electron chi connectivity index (χ2n) is 7.06. The van der Waals surface area contributed by atoms with Crippen molar-refractivity contribution in [3.8, 4) is 11.3 Å². The molecule has 1 aliphatic heterocycles. The fraction of sp³-hybridized carbons (Fsp3) is 0.500. The number of nitrogens with one attached hydrogen (secondary N) is 1. The molecule has 0 saturated carbocycles. The summed E-state index contributed by atoms with van der Waals surface area (Å²) in [5.41, 5.74) is 3.72. The molecule has 1 aromatic heterocycles. The lowest BCUT2D eigenvalue weighted by molar-refractivity contribution is 0.0924. The van der Waals surface area contributed by atoms with Crippen LogP contribution in [-0.4, -0.2) is 46.3 Å². The average Bonchev–Trinajstić information content (AvgIpc) is 3.02. The largest absolute Gasteiger partial charge is 0.349 e. The van der Waals surface area contributed by atoms with Crippen LogP contribution in [0.5, 0.6) is 0 Å². The topological polar surface area (TPSA) is 50.2 Å². The number of benzene rings is 1. The van der Waals surface area contributed by atoms with Crippen molar-refractivity contribution in [3.63, 3.8) is 0 Å². The van der Waals surface area contributed by atoms with Crippen molar-refractivity contribution in [1.82, 2.24) is 20.0 Å². The number of nitrogens with zero attached hydrogens (tertiary/aromatic N) is 3. The Balaban J connectivity index is 1.62. The van der Waals surface area contributed by atoms with Crippen molar-refractivity contribution < 1.29 is 4.79 Å². The van der Waals surface area contributed by atoms with E-state index in [1.54, 1.807) is 4.68 Å². The zero-order chi connectivity index (χ0) is 17.8. The van der Waals surface area contributed by atoms with Crippen molar-refractivity contribution in [2.45, 2.75) is 39.2 Å². The van der Waals surface area contributed by atoms with Gasteiger partial charge in [0.15, 0.2) is 5.69 Å². The van der Waals surface area contributed by atoms with Crippen molar-refractivity contribution in [1.29, 1.82) is 0 Å². The zero-order valence-corrected chi connectivity index (χ0v) is 15.5. The molecule has 0 radical (unpaired) electrons. The minimum atomic E-state index is -0.0992. The van der Waals surface area contributed by atoms with Gasteiger partial charge in [-0.2, -0.15) is 5.10 Å². The maximum absolute atomic E-state index is 12.5. The van der Waals surface area contributed by atoms with Gasteiger partial charge >= 0.3 is 0 Å². The lowest BCUT2D eigenvalue weighted by Gasteiger charge is -2.32. The molecule has 134 valence electrons. The minimum Gasteiger partial charge on any atom is -0.349 e. The number of carbonyl (C=O) groups is 1. The van der Waals surface area contributed by atoms with Gasteiger partial charge in [-0.05, 0) is 51.4 Å². The van der Waals surface area contributed by atoms with Crippen molar-refractivity contribution in [3.05, 3.63) is 41.6 Å². The van der Waals surface area contributed by atoms with Gasteiger partial charge in [0, 0.05) is 19.6 Å². The fourth-order valence-electron chi connectivity index (χ4n) is 3.39. The summed E-state index contributed by atoms with van der Waals surface area (Å²) in [6.45, 7) is 7.18. The van der Waals surface area contributed by atoms with Crippen LogP contribution < -0.4 is 5.32 Å². The first-order valence-corrected chi connectivity index (χ1v) is 9.18. The molecule has 0 bridgehead atoms. The van der Waals surface area contributed by atoms with E-state index in [1.165, 1.54) is 24.8 Å². The van der Waals surface area contributed by atoms with Crippen LogP contribution in [0.1, 0.15) is 42.2 Å². The number of hydrogen-bond acceptors (Lipinski definition) is 3. The lowest BCUT2D eigenvalue weighted by Crippen LogP contribution is -2.44. The van der Waals surface area contributed by atoms with Gasteiger partial charge < -0.3 is 5.32 Å². The van der Waals surface area contributed by atoms with E-state index in [0.717, 1.165) is 24.3 Å². The highest BCUT2D eigenvalue weighted by molar-refractivity contribution is 5.93. The maximum Gasteiger partial charge on any atom is 0.271 e. The van der Waals surface area contributed by atoms with Crippen LogP contribution in [0.3, 0.4) is 0 Å². The summed E-state index contributed by atoms with van der Waals surface area (Å²) >= 11 is 0. The molecule has 25 heavy (non-hydrogen) atoms. The van der Waals surface area contributed by atoms with E-state index in [1.807, 2.05) is 13.1 Å². The summed E-state index contributed by atoms with van der Waals surface area (Å²) < 4.78 is 1.77. The number of rotatable bonds is 5. The summed E-state index contributed by atoms with van der Waals surface area (Å²) in [7, 11) is 1.88. The van der Waals surface area contributed by atoms with Gasteiger partial charge in [0.1, 0.15) is 0 Å². The quantitative estimate of drug-likeness (QED) is 0.910. The van der Waals surface area contributed by atoms with E-state index >= 15 is 0 Å². The fourth-order valence-corrected chi connectivity index (χ4v) is 3.39. The maximum atomic E-state index is 12.5. The Kier molecular flexibility index (Phi) is 5.53. The van der Waals surface area contributed by atoms with Crippen LogP contribution >= 0.6 is 0 Å². The molecule has 0 spiro atoms. The number of aromatic nitrogens is 2. The van der Waals surface area contributed by atoms with Gasteiger partial charge in [0.25, 0.3) is 5.91 Å². The molecule has 1 atom stereocenters. The molecule has 0 aliphatic carbocycles. The van der Waals surface area contributed by atoms with E-state index in [4.69, 9.17) is 0 Å². The van der Waals surface area contributed by atoms with Crippen LogP contribution in [0.4, 0.5) is 0 Å². The Bertz CT molecular complexity index is 714. The number of carbonyl (C=O) groups excluding carboxylic acids is 1. The molecule has 1 amide bonds. The highest BCUT2D eigenvalue weighted by Gasteiger charge is 2.19. The van der Waals surface area contributed by atoms with Gasteiger partial charge in [-0.1, -0.05) is 36.2 Å². The third-order valence-electron chi connectivity index (χ3n) is 5.03. The third-order valence-corrected chi connectivity index (χ3v) is 5.03. The van der Waals surface area contributed by atoms with Crippen molar-refractivity contribution >= 4 is 5.91 Å². The molecule has 3 rings (SSSR count). The monoisotopic (exact) mass is 340 g/mol. The number of amides is 1. The number of piperidine rings is 1. The lowest BCUT2D eigenvalue weighted by atomic mass is 10.1. The number of hydrogen-bond donors (Lipinski definition) is 1. The Labute approximate surface area is 150 Å². The second kappa shape index (κ2) is 7.83. The highest BCUT2D eigenvalue weighted by Crippen LogP contribution is 2.20. The number of aryl methyl sites for hydroxylation is 2. The van der Waals surface area contributed by atoms with Crippen LogP contribution in [0.25, 0.3) is 11.3 Å². The molecular formula is C20H28N4O. The molecule has 1 fully saturated rings. The summed E-state index contributed by atoms with van der Waals surface area (Å²) in [4.78, 5) is 14.9. The molecule has 1 aliphatic rings. The summed E-state index contributed by atoms with van der Waals surface area (Å²) in [5.74, 6) is -0.0992. The first-order chi connectivity index (χ1) is 12.0. The van der Waals surface area contributed by atoms with E-state index in [2.05, 4.69) is 53.4 Å². The van der Waals surface area contributed by atoms with Crippen LogP contribution in [0, 0.1) is 6.92 Å². The first-order valence-electron chi connectivity index (χ1n) is 9.18. The normalized spacial score (nSPS) is 16.6. The smallest absolute Gasteiger partial charge is 0.271 e. The molecular weight excluding hydrogens is 312 g/mol. The van der Waals surface area contributed by atoms with E-state index in [0.29, 0.717) is 18.3 Å². The molecule has 1 unspecified atom stereocenters. The van der Waals surface area contributed by atoms with E-state index in [9.17, 15) is 4.79 Å². The Morgan fingerprint density at radius 1 is 1.20 bits per heavy atom. The standard InChI is InChI=1S/C20H28N4O/c1-15-7-9-17(10-8-15)19-13-18(22-23(19)3)20(25)21-14-16(2)24-11-5-4-6-12-24/h7-10,13,16H,4-6,11-12,14H2,1-3H3,(H,21,25). The Hall–Kier alpha value is -2.14. The average molecular weight is 340 g/mol. The van der Waals surface area contributed by atoms with Gasteiger partial charge in [-0.3, -0.25) is 14.4 Å². The SMILES string of the molecule is Cc1ccc(-c2cc(C(=O)NCC(C)N3CCCCC3)nn2C)cc1. The molecule has 5 nitrogen and oxygen atoms in total.